The minimum absolute atomic E-state index is 0.0380. The summed E-state index contributed by atoms with van der Waals surface area (Å²) < 4.78 is 0. The summed E-state index contributed by atoms with van der Waals surface area (Å²) in [6.07, 6.45) is 0.570. The minimum Gasteiger partial charge on any atom is -0.391 e. The highest BCUT2D eigenvalue weighted by Gasteiger charge is 2.11. The Balaban J connectivity index is 1.68. The van der Waals surface area contributed by atoms with E-state index >= 15 is 0 Å². The molecule has 0 saturated heterocycles. The van der Waals surface area contributed by atoms with Crippen LogP contribution in [0.5, 0.6) is 0 Å². The van der Waals surface area contributed by atoms with Gasteiger partial charge < -0.3 is 15.7 Å². The number of hydrogen-bond donors (Lipinski definition) is 4. The van der Waals surface area contributed by atoms with E-state index in [1.165, 1.54) is 0 Å². The number of urea groups is 1. The number of aliphatic hydroxyl groups is 1. The van der Waals surface area contributed by atoms with Crippen molar-refractivity contribution in [1.82, 2.24) is 20.8 Å². The molecular formula is C17H24N4O2. The predicted molar refractivity (Wildman–Crippen MR) is 89.2 cm³/mol. The van der Waals surface area contributed by atoms with Gasteiger partial charge in [0.1, 0.15) is 0 Å². The highest BCUT2D eigenvalue weighted by atomic mass is 16.3. The first-order valence-electron chi connectivity index (χ1n) is 7.80. The molecule has 1 heterocycles. The molecule has 0 radical (unpaired) electrons. The number of benzene rings is 1. The molecule has 6 nitrogen and oxygen atoms in total. The van der Waals surface area contributed by atoms with Crippen molar-refractivity contribution in [2.24, 2.45) is 0 Å². The van der Waals surface area contributed by atoms with Gasteiger partial charge in [0.25, 0.3) is 0 Å². The van der Waals surface area contributed by atoms with Crippen LogP contribution in [0.15, 0.2) is 36.4 Å². The fourth-order valence-corrected chi connectivity index (χ4v) is 2.39. The Kier molecular flexibility index (Phi) is 6.17. The van der Waals surface area contributed by atoms with Gasteiger partial charge in [0.2, 0.25) is 0 Å². The number of H-pyrrole nitrogens is 1. The molecule has 0 saturated carbocycles. The Labute approximate surface area is 136 Å². The Bertz CT molecular complexity index is 612. The lowest BCUT2D eigenvalue weighted by Crippen LogP contribution is -2.44. The SMILES string of the molecule is Cc1cc(CC(C)NC(=O)NCC(O)Cc2ccccc2)n[nH]1. The second-order valence-corrected chi connectivity index (χ2v) is 5.85. The van der Waals surface area contributed by atoms with Crippen molar-refractivity contribution < 1.29 is 9.90 Å². The molecule has 2 unspecified atom stereocenters. The van der Waals surface area contributed by atoms with Crippen molar-refractivity contribution >= 4 is 6.03 Å². The lowest BCUT2D eigenvalue weighted by Gasteiger charge is -2.16. The average molecular weight is 316 g/mol. The van der Waals surface area contributed by atoms with Gasteiger partial charge in [-0.2, -0.15) is 5.10 Å². The maximum Gasteiger partial charge on any atom is 0.315 e. The summed E-state index contributed by atoms with van der Waals surface area (Å²) in [4.78, 5) is 11.8. The molecule has 6 heteroatoms. The van der Waals surface area contributed by atoms with Gasteiger partial charge in [0.05, 0.1) is 11.8 Å². The van der Waals surface area contributed by atoms with Crippen LogP contribution >= 0.6 is 0 Å². The zero-order valence-electron chi connectivity index (χ0n) is 13.5. The van der Waals surface area contributed by atoms with Gasteiger partial charge in [-0.25, -0.2) is 4.79 Å². The Morgan fingerprint density at radius 3 is 2.70 bits per heavy atom. The normalized spacial score (nSPS) is 13.3. The molecule has 2 atom stereocenters. The van der Waals surface area contributed by atoms with E-state index in [1.807, 2.05) is 50.2 Å². The molecule has 0 fully saturated rings. The third-order valence-corrected chi connectivity index (χ3v) is 3.46. The van der Waals surface area contributed by atoms with E-state index < -0.39 is 6.10 Å². The Morgan fingerprint density at radius 1 is 1.30 bits per heavy atom. The summed E-state index contributed by atoms with van der Waals surface area (Å²) in [5.41, 5.74) is 2.96. The number of rotatable bonds is 7. The lowest BCUT2D eigenvalue weighted by molar-refractivity contribution is 0.170. The van der Waals surface area contributed by atoms with Gasteiger partial charge in [0.15, 0.2) is 0 Å². The van der Waals surface area contributed by atoms with Crippen molar-refractivity contribution in [2.45, 2.75) is 38.8 Å². The third kappa shape index (κ3) is 6.12. The van der Waals surface area contributed by atoms with E-state index in [2.05, 4.69) is 20.8 Å². The quantitative estimate of drug-likeness (QED) is 0.625. The Hall–Kier alpha value is -2.34. The van der Waals surface area contributed by atoms with E-state index in [4.69, 9.17) is 0 Å². The minimum atomic E-state index is -0.604. The summed E-state index contributed by atoms with van der Waals surface area (Å²) >= 11 is 0. The molecule has 0 aliphatic heterocycles. The average Bonchev–Trinajstić information content (AvgIpc) is 2.91. The van der Waals surface area contributed by atoms with Crippen molar-refractivity contribution in [2.75, 3.05) is 6.54 Å². The van der Waals surface area contributed by atoms with Gasteiger partial charge >= 0.3 is 6.03 Å². The second kappa shape index (κ2) is 8.33. The summed E-state index contributed by atoms with van der Waals surface area (Å²) in [5, 5.41) is 22.5. The van der Waals surface area contributed by atoms with Gasteiger partial charge in [0, 0.05) is 31.1 Å². The van der Waals surface area contributed by atoms with Crippen LogP contribution in [0, 0.1) is 6.92 Å². The molecule has 2 amide bonds. The van der Waals surface area contributed by atoms with Crippen molar-refractivity contribution in [1.29, 1.82) is 0 Å². The van der Waals surface area contributed by atoms with Crippen LogP contribution < -0.4 is 10.6 Å². The molecular weight excluding hydrogens is 292 g/mol. The number of nitrogens with zero attached hydrogens (tertiary/aromatic N) is 1. The summed E-state index contributed by atoms with van der Waals surface area (Å²) in [6, 6.07) is 11.3. The number of aromatic nitrogens is 2. The molecule has 1 aromatic carbocycles. The van der Waals surface area contributed by atoms with E-state index in [1.54, 1.807) is 0 Å². The number of aliphatic hydroxyl groups excluding tert-OH is 1. The number of carbonyl (C=O) groups is 1. The molecule has 0 bridgehead atoms. The van der Waals surface area contributed by atoms with Crippen LogP contribution in [0.1, 0.15) is 23.9 Å². The van der Waals surface area contributed by atoms with Gasteiger partial charge in [-0.15, -0.1) is 0 Å². The topological polar surface area (TPSA) is 90.0 Å². The summed E-state index contributed by atoms with van der Waals surface area (Å²) in [6.45, 7) is 4.08. The first kappa shape index (κ1) is 17.0. The van der Waals surface area contributed by atoms with Gasteiger partial charge in [-0.05, 0) is 25.5 Å². The van der Waals surface area contributed by atoms with Crippen LogP contribution in [0.4, 0.5) is 4.79 Å². The van der Waals surface area contributed by atoms with E-state index in [-0.39, 0.29) is 18.6 Å². The molecule has 4 N–H and O–H groups in total. The summed E-state index contributed by atoms with van der Waals surface area (Å²) in [5.74, 6) is 0. The largest absolute Gasteiger partial charge is 0.391 e. The smallest absolute Gasteiger partial charge is 0.315 e. The van der Waals surface area contributed by atoms with Crippen molar-refractivity contribution in [3.8, 4) is 0 Å². The molecule has 0 aliphatic rings. The maximum absolute atomic E-state index is 11.8. The third-order valence-electron chi connectivity index (χ3n) is 3.46. The van der Waals surface area contributed by atoms with Crippen LogP contribution in [0.3, 0.4) is 0 Å². The first-order chi connectivity index (χ1) is 11.0. The van der Waals surface area contributed by atoms with Crippen molar-refractivity contribution in [3.05, 3.63) is 53.3 Å². The highest BCUT2D eigenvalue weighted by Crippen LogP contribution is 2.03. The molecule has 23 heavy (non-hydrogen) atoms. The molecule has 2 aromatic rings. The molecule has 2 rings (SSSR count). The molecule has 0 aliphatic carbocycles. The molecule has 0 spiro atoms. The second-order valence-electron chi connectivity index (χ2n) is 5.85. The molecule has 124 valence electrons. The number of aryl methyl sites for hydroxylation is 1. The van der Waals surface area contributed by atoms with Crippen molar-refractivity contribution in [3.63, 3.8) is 0 Å². The zero-order chi connectivity index (χ0) is 16.7. The predicted octanol–water partition coefficient (Wildman–Crippen LogP) is 1.55. The standard InChI is InChI=1S/C17H24N4O2/c1-12(8-15-9-13(2)20-21-15)19-17(23)18-11-16(22)10-14-6-4-3-5-7-14/h3-7,9,12,16,22H,8,10-11H2,1-2H3,(H,20,21)(H2,18,19,23). The van der Waals surface area contributed by atoms with Crippen LogP contribution in [0.25, 0.3) is 0 Å². The first-order valence-corrected chi connectivity index (χ1v) is 7.80. The van der Waals surface area contributed by atoms with Gasteiger partial charge in [-0.1, -0.05) is 30.3 Å². The number of amides is 2. The van der Waals surface area contributed by atoms with Crippen LogP contribution in [-0.2, 0) is 12.8 Å². The maximum atomic E-state index is 11.8. The van der Waals surface area contributed by atoms with E-state index in [0.29, 0.717) is 12.8 Å². The van der Waals surface area contributed by atoms with E-state index in [9.17, 15) is 9.90 Å². The highest BCUT2D eigenvalue weighted by molar-refractivity contribution is 5.74. The number of hydrogen-bond acceptors (Lipinski definition) is 3. The van der Waals surface area contributed by atoms with Crippen LogP contribution in [-0.4, -0.2) is 40.0 Å². The monoisotopic (exact) mass is 316 g/mol. The Morgan fingerprint density at radius 2 is 2.04 bits per heavy atom. The fraction of sp³-hybridized carbons (Fsp3) is 0.412. The summed E-state index contributed by atoms with van der Waals surface area (Å²) in [7, 11) is 0. The zero-order valence-corrected chi connectivity index (χ0v) is 13.5. The number of carbonyl (C=O) groups excluding carboxylic acids is 1. The lowest BCUT2D eigenvalue weighted by atomic mass is 10.1. The fourth-order valence-electron chi connectivity index (χ4n) is 2.39. The number of nitrogens with one attached hydrogen (secondary N) is 3. The van der Waals surface area contributed by atoms with E-state index in [0.717, 1.165) is 17.0 Å². The van der Waals surface area contributed by atoms with Crippen LogP contribution in [0.2, 0.25) is 0 Å². The molecule has 1 aromatic heterocycles. The number of aromatic amines is 1. The van der Waals surface area contributed by atoms with Gasteiger partial charge in [-0.3, -0.25) is 5.10 Å².